The van der Waals surface area contributed by atoms with Gasteiger partial charge in [-0.2, -0.15) is 0 Å². The van der Waals surface area contributed by atoms with Crippen molar-refractivity contribution in [2.75, 3.05) is 18.2 Å². The van der Waals surface area contributed by atoms with Gasteiger partial charge in [0.25, 0.3) is 0 Å². The summed E-state index contributed by atoms with van der Waals surface area (Å²) in [6.45, 7) is 2.46. The fourth-order valence-electron chi connectivity index (χ4n) is 3.05. The van der Waals surface area contributed by atoms with Gasteiger partial charge in [0, 0.05) is 12.7 Å². The van der Waals surface area contributed by atoms with Crippen LogP contribution in [-0.2, 0) is 17.9 Å². The number of thioether (sulfide) groups is 1. The summed E-state index contributed by atoms with van der Waals surface area (Å²) in [5.74, 6) is 0.839. The first kappa shape index (κ1) is 21.4. The molecule has 4 aromatic rings. The number of hydrogen-bond donors (Lipinski definition) is 2. The van der Waals surface area contributed by atoms with E-state index in [2.05, 4.69) is 21.4 Å². The molecular formula is C22H22N4O3S2. The lowest BCUT2D eigenvalue weighted by molar-refractivity contribution is -0.113. The summed E-state index contributed by atoms with van der Waals surface area (Å²) in [6.07, 6.45) is 1.81. The second-order valence-electron chi connectivity index (χ2n) is 6.98. The number of imidazole rings is 1. The third-order valence-corrected chi connectivity index (χ3v) is 6.51. The summed E-state index contributed by atoms with van der Waals surface area (Å²) in [5, 5.41) is 13.6. The second-order valence-corrected chi connectivity index (χ2v) is 8.95. The van der Waals surface area contributed by atoms with E-state index in [1.807, 2.05) is 47.9 Å². The number of aryl methyl sites for hydroxylation is 1. The highest BCUT2D eigenvalue weighted by Crippen LogP contribution is 2.27. The summed E-state index contributed by atoms with van der Waals surface area (Å²) < 4.78 is 8.18. The van der Waals surface area contributed by atoms with Crippen LogP contribution in [0, 0.1) is 6.92 Å². The summed E-state index contributed by atoms with van der Waals surface area (Å²) in [6, 6.07) is 13.8. The van der Waals surface area contributed by atoms with Gasteiger partial charge in [-0.15, -0.1) is 0 Å². The van der Waals surface area contributed by atoms with E-state index in [-0.39, 0.29) is 18.3 Å². The average molecular weight is 455 g/mol. The lowest BCUT2D eigenvalue weighted by Gasteiger charge is -2.08. The summed E-state index contributed by atoms with van der Waals surface area (Å²) in [4.78, 5) is 21.4. The number of methoxy groups -OCH3 is 1. The molecule has 0 saturated heterocycles. The Hall–Kier alpha value is -2.88. The third kappa shape index (κ3) is 5.25. The Kier molecular flexibility index (Phi) is 6.55. The fraction of sp³-hybridized carbons (Fsp3) is 0.227. The molecule has 4 rings (SSSR count). The number of aliphatic hydroxyl groups is 1. The predicted molar refractivity (Wildman–Crippen MR) is 124 cm³/mol. The van der Waals surface area contributed by atoms with E-state index < -0.39 is 0 Å². The topological polar surface area (TPSA) is 89.3 Å². The first-order valence-corrected chi connectivity index (χ1v) is 11.4. The van der Waals surface area contributed by atoms with Crippen molar-refractivity contribution in [1.82, 2.24) is 14.5 Å². The lowest BCUT2D eigenvalue weighted by atomic mass is 10.2. The third-order valence-electron chi connectivity index (χ3n) is 4.59. The maximum atomic E-state index is 12.5. The molecule has 0 atom stereocenters. The fourth-order valence-corrected chi connectivity index (χ4v) is 4.83. The molecule has 0 radical (unpaired) electrons. The van der Waals surface area contributed by atoms with Crippen LogP contribution in [0.3, 0.4) is 0 Å². The van der Waals surface area contributed by atoms with E-state index in [0.29, 0.717) is 22.5 Å². The molecule has 7 nitrogen and oxygen atoms in total. The van der Waals surface area contributed by atoms with Gasteiger partial charge in [-0.1, -0.05) is 41.3 Å². The zero-order valence-electron chi connectivity index (χ0n) is 17.2. The molecule has 0 spiro atoms. The SMILES string of the molecule is COc1ccc(Cn2cc(CO)nc2SCC(=O)Nc2nc3ccc(C)cc3s2)cc1. The molecule has 0 aliphatic rings. The maximum Gasteiger partial charge on any atom is 0.236 e. The maximum absolute atomic E-state index is 12.5. The highest BCUT2D eigenvalue weighted by atomic mass is 32.2. The summed E-state index contributed by atoms with van der Waals surface area (Å²) >= 11 is 2.79. The van der Waals surface area contributed by atoms with E-state index in [4.69, 9.17) is 4.74 Å². The molecule has 2 N–H and O–H groups in total. The van der Waals surface area contributed by atoms with Crippen LogP contribution in [0.1, 0.15) is 16.8 Å². The molecule has 0 aliphatic heterocycles. The molecule has 2 aromatic heterocycles. The van der Waals surface area contributed by atoms with Gasteiger partial charge in [0.2, 0.25) is 5.91 Å². The first-order chi connectivity index (χ1) is 15.0. The highest BCUT2D eigenvalue weighted by molar-refractivity contribution is 7.99. The van der Waals surface area contributed by atoms with Crippen molar-refractivity contribution in [2.45, 2.75) is 25.2 Å². The van der Waals surface area contributed by atoms with Crippen molar-refractivity contribution in [3.8, 4) is 5.75 Å². The molecule has 0 saturated carbocycles. The van der Waals surface area contributed by atoms with Crippen LogP contribution in [0.2, 0.25) is 0 Å². The second kappa shape index (κ2) is 9.51. The highest BCUT2D eigenvalue weighted by Gasteiger charge is 2.13. The number of carbonyl (C=O) groups excluding carboxylic acids is 1. The predicted octanol–water partition coefficient (Wildman–Crippen LogP) is 4.08. The number of nitrogens with one attached hydrogen (secondary N) is 1. The van der Waals surface area contributed by atoms with Crippen LogP contribution in [0.25, 0.3) is 10.2 Å². The summed E-state index contributed by atoms with van der Waals surface area (Å²) in [5.41, 5.74) is 3.67. The zero-order valence-corrected chi connectivity index (χ0v) is 18.8. The molecule has 0 aliphatic carbocycles. The number of benzene rings is 2. The molecule has 0 fully saturated rings. The Morgan fingerprint density at radius 3 is 2.77 bits per heavy atom. The largest absolute Gasteiger partial charge is 0.497 e. The Labute approximate surface area is 188 Å². The van der Waals surface area contributed by atoms with E-state index >= 15 is 0 Å². The Morgan fingerprint density at radius 1 is 1.23 bits per heavy atom. The Bertz CT molecular complexity index is 1200. The molecule has 9 heteroatoms. The smallest absolute Gasteiger partial charge is 0.236 e. The number of thiazole rings is 1. The molecule has 1 amide bonds. The van der Waals surface area contributed by atoms with Crippen molar-refractivity contribution >= 4 is 44.4 Å². The number of aromatic nitrogens is 3. The van der Waals surface area contributed by atoms with Gasteiger partial charge in [0.15, 0.2) is 10.3 Å². The number of nitrogens with zero attached hydrogens (tertiary/aromatic N) is 3. The number of ether oxygens (including phenoxy) is 1. The summed E-state index contributed by atoms with van der Waals surface area (Å²) in [7, 11) is 1.63. The number of rotatable bonds is 8. The van der Waals surface area contributed by atoms with Crippen molar-refractivity contribution in [3.63, 3.8) is 0 Å². The molecular weight excluding hydrogens is 432 g/mol. The van der Waals surface area contributed by atoms with Crippen molar-refractivity contribution in [2.24, 2.45) is 0 Å². The van der Waals surface area contributed by atoms with Crippen LogP contribution >= 0.6 is 23.1 Å². The Morgan fingerprint density at radius 2 is 2.03 bits per heavy atom. The standard InChI is InChI=1S/C22H22N4O3S2/c1-14-3-8-18-19(9-14)31-21(24-18)25-20(28)13-30-22-23-16(12-27)11-26(22)10-15-4-6-17(29-2)7-5-15/h3-9,11,27H,10,12-13H2,1-2H3,(H,24,25,28). The van der Waals surface area contributed by atoms with Crippen LogP contribution in [-0.4, -0.2) is 38.4 Å². The van der Waals surface area contributed by atoms with Crippen LogP contribution < -0.4 is 10.1 Å². The Balaban J connectivity index is 1.41. The van der Waals surface area contributed by atoms with Gasteiger partial charge in [0.1, 0.15) is 5.75 Å². The van der Waals surface area contributed by atoms with E-state index in [0.717, 1.165) is 27.1 Å². The number of aliphatic hydroxyl groups excluding tert-OH is 1. The molecule has 160 valence electrons. The molecule has 0 unspecified atom stereocenters. The van der Waals surface area contributed by atoms with Gasteiger partial charge in [-0.05, 0) is 42.3 Å². The number of hydrogen-bond acceptors (Lipinski definition) is 7. The monoisotopic (exact) mass is 454 g/mol. The minimum Gasteiger partial charge on any atom is -0.497 e. The van der Waals surface area contributed by atoms with Gasteiger partial charge >= 0.3 is 0 Å². The normalized spacial score (nSPS) is 11.1. The van der Waals surface area contributed by atoms with E-state index in [1.165, 1.54) is 23.1 Å². The van der Waals surface area contributed by atoms with Gasteiger partial charge in [-0.3, -0.25) is 4.79 Å². The number of carbonyl (C=O) groups is 1. The van der Waals surface area contributed by atoms with E-state index in [1.54, 1.807) is 13.3 Å². The number of fused-ring (bicyclic) bond motifs is 1. The van der Waals surface area contributed by atoms with Crippen molar-refractivity contribution in [3.05, 3.63) is 65.5 Å². The quantitative estimate of drug-likeness (QED) is 0.390. The first-order valence-electron chi connectivity index (χ1n) is 9.63. The minimum atomic E-state index is -0.152. The zero-order chi connectivity index (χ0) is 21.8. The van der Waals surface area contributed by atoms with Gasteiger partial charge in [0.05, 0.1) is 35.4 Å². The molecule has 0 bridgehead atoms. The minimum absolute atomic E-state index is 0.148. The lowest BCUT2D eigenvalue weighted by Crippen LogP contribution is -2.14. The van der Waals surface area contributed by atoms with Crippen molar-refractivity contribution in [1.29, 1.82) is 0 Å². The van der Waals surface area contributed by atoms with Crippen molar-refractivity contribution < 1.29 is 14.6 Å². The molecule has 2 aromatic carbocycles. The van der Waals surface area contributed by atoms with E-state index in [9.17, 15) is 9.90 Å². The molecule has 2 heterocycles. The average Bonchev–Trinajstić information content (AvgIpc) is 3.35. The van der Waals surface area contributed by atoms with Crippen LogP contribution in [0.4, 0.5) is 5.13 Å². The van der Waals surface area contributed by atoms with Crippen LogP contribution in [0.5, 0.6) is 5.75 Å². The van der Waals surface area contributed by atoms with Gasteiger partial charge in [-0.25, -0.2) is 9.97 Å². The van der Waals surface area contributed by atoms with Crippen LogP contribution in [0.15, 0.2) is 53.8 Å². The number of amides is 1. The van der Waals surface area contributed by atoms with Gasteiger partial charge < -0.3 is 19.7 Å². The molecule has 31 heavy (non-hydrogen) atoms. The number of anilines is 1.